The van der Waals surface area contributed by atoms with Crippen molar-refractivity contribution in [3.8, 4) is 0 Å². The Kier molecular flexibility index (Phi) is 5.84. The Morgan fingerprint density at radius 2 is 1.90 bits per heavy atom. The average molecular weight is 417 g/mol. The number of ether oxygens (including phenoxy) is 2. The SMILES string of the molecule is CC(=O)O[C@H]1CC=C(C)[C@@H]2CC3=C(C)C(=O)O[C@]3(O)/C=C(/C)CC[C@H](C(C)=O)[C@@]12C. The molecule has 0 aromatic carbocycles. The van der Waals surface area contributed by atoms with Crippen LogP contribution in [0.15, 0.2) is 34.4 Å². The van der Waals surface area contributed by atoms with Crippen molar-refractivity contribution < 1.29 is 29.0 Å². The van der Waals surface area contributed by atoms with Crippen LogP contribution in [0.4, 0.5) is 0 Å². The van der Waals surface area contributed by atoms with Crippen molar-refractivity contribution in [3.63, 3.8) is 0 Å². The molecule has 2 aliphatic carbocycles. The highest BCUT2D eigenvalue weighted by Crippen LogP contribution is 2.54. The predicted octanol–water partition coefficient (Wildman–Crippen LogP) is 3.79. The van der Waals surface area contributed by atoms with Crippen LogP contribution < -0.4 is 0 Å². The van der Waals surface area contributed by atoms with Crippen LogP contribution >= 0.6 is 0 Å². The minimum Gasteiger partial charge on any atom is -0.462 e. The van der Waals surface area contributed by atoms with Gasteiger partial charge in [-0.3, -0.25) is 9.59 Å². The van der Waals surface area contributed by atoms with Gasteiger partial charge in [0.05, 0.1) is 0 Å². The van der Waals surface area contributed by atoms with E-state index in [-0.39, 0.29) is 23.6 Å². The second kappa shape index (κ2) is 7.80. The fourth-order valence-corrected chi connectivity index (χ4v) is 5.65. The highest BCUT2D eigenvalue weighted by molar-refractivity contribution is 5.92. The lowest BCUT2D eigenvalue weighted by Gasteiger charge is -2.51. The molecule has 6 nitrogen and oxygen atoms in total. The highest BCUT2D eigenvalue weighted by Gasteiger charge is 2.55. The maximum atomic E-state index is 12.9. The molecule has 0 amide bonds. The van der Waals surface area contributed by atoms with Gasteiger partial charge in [0.1, 0.15) is 11.9 Å². The quantitative estimate of drug-likeness (QED) is 0.544. The van der Waals surface area contributed by atoms with E-state index < -0.39 is 23.3 Å². The number of fused-ring (bicyclic) bond motifs is 2. The molecule has 3 rings (SSSR count). The lowest BCUT2D eigenvalue weighted by atomic mass is 9.55. The van der Waals surface area contributed by atoms with Crippen LogP contribution in [0.3, 0.4) is 0 Å². The smallest absolute Gasteiger partial charge is 0.336 e. The molecule has 0 bridgehead atoms. The largest absolute Gasteiger partial charge is 0.462 e. The lowest BCUT2D eigenvalue weighted by molar-refractivity contribution is -0.170. The van der Waals surface area contributed by atoms with E-state index in [2.05, 4.69) is 0 Å². The Balaban J connectivity index is 2.23. The van der Waals surface area contributed by atoms with Crippen molar-refractivity contribution in [2.24, 2.45) is 17.3 Å². The number of esters is 2. The number of Topliss-reactive ketones (excluding diaryl/α,β-unsaturated/α-hetero) is 1. The van der Waals surface area contributed by atoms with E-state index in [0.29, 0.717) is 36.8 Å². The summed E-state index contributed by atoms with van der Waals surface area (Å²) in [5.74, 6) is -3.15. The maximum Gasteiger partial charge on any atom is 0.336 e. The molecule has 1 N–H and O–H groups in total. The molecule has 0 saturated heterocycles. The zero-order valence-electron chi connectivity index (χ0n) is 18.7. The standard InChI is InChI=1S/C24H32O6/c1-13-7-9-18(16(4)25)23(6)19(14(2)8-10-21(23)29-17(5)26)11-20-15(3)22(27)30-24(20,28)12-13/h8,12,18-19,21,28H,7,9-11H2,1-6H3/b13-12-/t18-,19+,21+,23-,24-/m1/s1. The third-order valence-electron chi connectivity index (χ3n) is 7.32. The summed E-state index contributed by atoms with van der Waals surface area (Å²) in [6.45, 7) is 10.5. The minimum atomic E-state index is -1.77. The molecule has 0 fully saturated rings. The van der Waals surface area contributed by atoms with Gasteiger partial charge in [0.2, 0.25) is 0 Å². The molecule has 30 heavy (non-hydrogen) atoms. The van der Waals surface area contributed by atoms with E-state index in [9.17, 15) is 19.5 Å². The second-order valence-corrected chi connectivity index (χ2v) is 9.29. The Bertz CT molecular complexity index is 878. The van der Waals surface area contributed by atoms with E-state index in [4.69, 9.17) is 9.47 Å². The van der Waals surface area contributed by atoms with Crippen LogP contribution in [-0.2, 0) is 23.9 Å². The molecular formula is C24H32O6. The van der Waals surface area contributed by atoms with Crippen LogP contribution in [0.1, 0.15) is 67.2 Å². The summed E-state index contributed by atoms with van der Waals surface area (Å²) in [5.41, 5.74) is 2.15. The minimum absolute atomic E-state index is 0.0578. The van der Waals surface area contributed by atoms with Gasteiger partial charge >= 0.3 is 11.9 Å². The van der Waals surface area contributed by atoms with E-state index in [1.807, 2.05) is 26.8 Å². The Hall–Kier alpha value is -2.21. The Morgan fingerprint density at radius 3 is 2.50 bits per heavy atom. The van der Waals surface area contributed by atoms with Gasteiger partial charge in [-0.05, 0) is 59.0 Å². The highest BCUT2D eigenvalue weighted by atomic mass is 16.7. The first-order valence-corrected chi connectivity index (χ1v) is 10.6. The summed E-state index contributed by atoms with van der Waals surface area (Å²) in [6.07, 6.45) is 5.19. The average Bonchev–Trinajstić information content (AvgIpc) is 2.82. The number of allylic oxidation sites excluding steroid dienone is 2. The van der Waals surface area contributed by atoms with Crippen molar-refractivity contribution in [3.05, 3.63) is 34.4 Å². The number of hydrogen-bond donors (Lipinski definition) is 1. The molecule has 0 radical (unpaired) electrons. The van der Waals surface area contributed by atoms with E-state index >= 15 is 0 Å². The van der Waals surface area contributed by atoms with Crippen molar-refractivity contribution in [2.45, 2.75) is 79.1 Å². The first-order valence-electron chi connectivity index (χ1n) is 10.6. The first-order chi connectivity index (χ1) is 13.9. The molecule has 0 saturated carbocycles. The topological polar surface area (TPSA) is 89.9 Å². The van der Waals surface area contributed by atoms with E-state index in [1.165, 1.54) is 6.92 Å². The molecule has 6 heteroatoms. The summed E-state index contributed by atoms with van der Waals surface area (Å²) in [7, 11) is 0. The normalized spacial score (nSPS) is 38.5. The molecule has 1 heterocycles. The molecule has 3 aliphatic rings. The molecule has 164 valence electrons. The van der Waals surface area contributed by atoms with Gasteiger partial charge in [-0.15, -0.1) is 0 Å². The fourth-order valence-electron chi connectivity index (χ4n) is 5.65. The second-order valence-electron chi connectivity index (χ2n) is 9.29. The van der Waals surface area contributed by atoms with Gasteiger partial charge in [0, 0.05) is 35.8 Å². The van der Waals surface area contributed by atoms with Crippen LogP contribution in [-0.4, -0.2) is 34.7 Å². The molecule has 0 aromatic heterocycles. The Labute approximate surface area is 178 Å². The first kappa shape index (κ1) is 22.5. The van der Waals surface area contributed by atoms with Gasteiger partial charge in [-0.1, -0.05) is 24.1 Å². The summed E-state index contributed by atoms with van der Waals surface area (Å²) in [4.78, 5) is 37.1. The fraction of sp³-hybridized carbons (Fsp3) is 0.625. The molecule has 0 unspecified atom stereocenters. The monoisotopic (exact) mass is 416 g/mol. The van der Waals surface area contributed by atoms with Crippen LogP contribution in [0.5, 0.6) is 0 Å². The number of ketones is 1. The molecule has 0 spiro atoms. The summed E-state index contributed by atoms with van der Waals surface area (Å²) in [5, 5.41) is 11.2. The number of aliphatic hydroxyl groups is 1. The van der Waals surface area contributed by atoms with Crippen molar-refractivity contribution in [2.75, 3.05) is 0 Å². The molecular weight excluding hydrogens is 384 g/mol. The van der Waals surface area contributed by atoms with Crippen LogP contribution in [0.2, 0.25) is 0 Å². The van der Waals surface area contributed by atoms with Gasteiger partial charge in [-0.25, -0.2) is 4.79 Å². The van der Waals surface area contributed by atoms with Gasteiger partial charge in [0.15, 0.2) is 0 Å². The summed E-state index contributed by atoms with van der Waals surface area (Å²) < 4.78 is 11.1. The third kappa shape index (κ3) is 3.66. The third-order valence-corrected chi connectivity index (χ3v) is 7.32. The summed E-state index contributed by atoms with van der Waals surface area (Å²) in [6, 6.07) is 0. The van der Waals surface area contributed by atoms with Crippen molar-refractivity contribution in [1.82, 2.24) is 0 Å². The predicted molar refractivity (Wildman–Crippen MR) is 111 cm³/mol. The zero-order chi connectivity index (χ0) is 22.4. The maximum absolute atomic E-state index is 12.9. The van der Waals surface area contributed by atoms with Crippen molar-refractivity contribution >= 4 is 17.7 Å². The Morgan fingerprint density at radius 1 is 1.23 bits per heavy atom. The number of hydrogen-bond acceptors (Lipinski definition) is 6. The zero-order valence-corrected chi connectivity index (χ0v) is 18.7. The number of rotatable bonds is 2. The van der Waals surface area contributed by atoms with Gasteiger partial charge in [0.25, 0.3) is 5.79 Å². The van der Waals surface area contributed by atoms with Crippen LogP contribution in [0.25, 0.3) is 0 Å². The van der Waals surface area contributed by atoms with E-state index in [0.717, 1.165) is 11.1 Å². The molecule has 0 aromatic rings. The van der Waals surface area contributed by atoms with Crippen LogP contribution in [0, 0.1) is 17.3 Å². The van der Waals surface area contributed by atoms with E-state index in [1.54, 1.807) is 19.9 Å². The van der Waals surface area contributed by atoms with Gasteiger partial charge in [-0.2, -0.15) is 0 Å². The lowest BCUT2D eigenvalue weighted by Crippen LogP contribution is -2.52. The van der Waals surface area contributed by atoms with Crippen molar-refractivity contribution in [1.29, 1.82) is 0 Å². The number of carbonyl (C=O) groups is 3. The molecule has 5 atom stereocenters. The summed E-state index contributed by atoms with van der Waals surface area (Å²) >= 11 is 0. The molecule has 1 aliphatic heterocycles. The number of carbonyl (C=O) groups excluding carboxylic acids is 3. The van der Waals surface area contributed by atoms with Gasteiger partial charge < -0.3 is 14.6 Å².